The Labute approximate surface area is 167 Å². The van der Waals surface area contributed by atoms with Gasteiger partial charge in [0.25, 0.3) is 10.0 Å². The Kier molecular flexibility index (Phi) is 5.30. The zero-order valence-corrected chi connectivity index (χ0v) is 17.0. The molecule has 0 saturated carbocycles. The first kappa shape index (κ1) is 20.4. The summed E-state index contributed by atoms with van der Waals surface area (Å²) in [7, 11) is -7.80. The van der Waals surface area contributed by atoms with Crippen LogP contribution in [0, 0.1) is 0 Å². The second-order valence-electron chi connectivity index (χ2n) is 5.97. The van der Waals surface area contributed by atoms with Crippen LogP contribution in [0.25, 0.3) is 0 Å². The maximum Gasteiger partial charge on any atom is 0.346 e. The van der Waals surface area contributed by atoms with E-state index in [9.17, 15) is 26.7 Å². The maximum atomic E-state index is 13.1. The molecule has 0 aromatic heterocycles. The molecule has 0 radical (unpaired) electrons. The van der Waals surface area contributed by atoms with E-state index in [-0.39, 0.29) is 27.0 Å². The van der Waals surface area contributed by atoms with Crippen molar-refractivity contribution in [2.75, 3.05) is 16.6 Å². The SMILES string of the molecule is CCS(=O)(=O)c1ccc2c(c1)N(S(=O)(=O)c1ccc(Cl)cc1)C[C@@H](C(=O)O)O2. The highest BCUT2D eigenvalue weighted by molar-refractivity contribution is 7.93. The molecule has 3 rings (SSSR count). The van der Waals surface area contributed by atoms with E-state index in [1.807, 2.05) is 0 Å². The number of halogens is 1. The summed E-state index contributed by atoms with van der Waals surface area (Å²) in [6.07, 6.45) is -1.44. The Hall–Kier alpha value is -2.30. The van der Waals surface area contributed by atoms with Crippen molar-refractivity contribution in [1.82, 2.24) is 0 Å². The first-order chi connectivity index (χ1) is 13.1. The fourth-order valence-electron chi connectivity index (χ4n) is 2.68. The quantitative estimate of drug-likeness (QED) is 0.749. The number of sulfone groups is 1. The van der Waals surface area contributed by atoms with Crippen molar-refractivity contribution in [1.29, 1.82) is 0 Å². The molecule has 1 aliphatic rings. The standard InChI is InChI=1S/C17H16ClNO7S2/c1-2-27(22,23)13-7-8-15-14(9-13)19(10-16(26-15)17(20)21)28(24,25)12-5-3-11(18)4-6-12/h3-9,16H,2,10H2,1H3,(H,20,21)/t16-/m0/s1. The molecule has 0 fully saturated rings. The molecule has 8 nitrogen and oxygen atoms in total. The monoisotopic (exact) mass is 445 g/mol. The first-order valence-corrected chi connectivity index (χ1v) is 11.6. The number of aliphatic carboxylic acids is 1. The van der Waals surface area contributed by atoms with Gasteiger partial charge in [-0.1, -0.05) is 18.5 Å². The van der Waals surface area contributed by atoms with Gasteiger partial charge in [-0.25, -0.2) is 21.6 Å². The topological polar surface area (TPSA) is 118 Å². The summed E-state index contributed by atoms with van der Waals surface area (Å²) in [5.41, 5.74) is -0.0398. The molecule has 11 heteroatoms. The summed E-state index contributed by atoms with van der Waals surface area (Å²) in [6, 6.07) is 9.06. The van der Waals surface area contributed by atoms with Gasteiger partial charge in [0, 0.05) is 5.02 Å². The molecule has 1 heterocycles. The first-order valence-electron chi connectivity index (χ1n) is 8.11. The van der Waals surface area contributed by atoms with Gasteiger partial charge in [-0.05, 0) is 42.5 Å². The Morgan fingerprint density at radius 2 is 1.75 bits per heavy atom. The van der Waals surface area contributed by atoms with Gasteiger partial charge in [-0.3, -0.25) is 4.31 Å². The second kappa shape index (κ2) is 7.26. The minimum Gasteiger partial charge on any atom is -0.478 e. The molecule has 0 aliphatic carbocycles. The van der Waals surface area contributed by atoms with E-state index in [2.05, 4.69) is 0 Å². The lowest BCUT2D eigenvalue weighted by Crippen LogP contribution is -2.47. The molecule has 2 aromatic carbocycles. The highest BCUT2D eigenvalue weighted by atomic mass is 35.5. The maximum absolute atomic E-state index is 13.1. The van der Waals surface area contributed by atoms with Crippen LogP contribution in [-0.2, 0) is 24.7 Å². The van der Waals surface area contributed by atoms with E-state index in [1.165, 1.54) is 49.4 Å². The summed E-state index contributed by atoms with van der Waals surface area (Å²) < 4.78 is 56.9. The third-order valence-corrected chi connectivity index (χ3v) is 7.99. The molecule has 1 N–H and O–H groups in total. The number of sulfonamides is 1. The van der Waals surface area contributed by atoms with Gasteiger partial charge in [0.15, 0.2) is 9.84 Å². The van der Waals surface area contributed by atoms with Crippen LogP contribution in [0.15, 0.2) is 52.3 Å². The highest BCUT2D eigenvalue weighted by Gasteiger charge is 2.38. The van der Waals surface area contributed by atoms with Crippen molar-refractivity contribution in [3.63, 3.8) is 0 Å². The molecule has 2 aromatic rings. The molecule has 0 bridgehead atoms. The van der Waals surface area contributed by atoms with Gasteiger partial charge in [-0.2, -0.15) is 0 Å². The number of ether oxygens (including phenoxy) is 1. The van der Waals surface area contributed by atoms with Crippen LogP contribution in [0.1, 0.15) is 6.92 Å². The van der Waals surface area contributed by atoms with Gasteiger partial charge in [0.05, 0.1) is 27.8 Å². The Balaban J connectivity index is 2.18. The second-order valence-corrected chi connectivity index (χ2v) is 10.5. The molecule has 0 unspecified atom stereocenters. The number of carboxylic acids is 1. The number of anilines is 1. The fraction of sp³-hybridized carbons (Fsp3) is 0.235. The van der Waals surface area contributed by atoms with Crippen molar-refractivity contribution in [2.24, 2.45) is 0 Å². The molecule has 0 saturated heterocycles. The number of carboxylic acid groups (broad SMARTS) is 1. The minimum atomic E-state index is -4.19. The molecule has 1 aliphatic heterocycles. The van der Waals surface area contributed by atoms with Crippen molar-refractivity contribution < 1.29 is 31.5 Å². The van der Waals surface area contributed by atoms with E-state index in [0.29, 0.717) is 5.02 Å². The molecular weight excluding hydrogens is 430 g/mol. The summed E-state index contributed by atoms with van der Waals surface area (Å²) in [5, 5.41) is 9.65. The van der Waals surface area contributed by atoms with E-state index in [4.69, 9.17) is 16.3 Å². The van der Waals surface area contributed by atoms with E-state index in [0.717, 1.165) is 4.31 Å². The normalized spacial score (nSPS) is 16.9. The van der Waals surface area contributed by atoms with Crippen LogP contribution >= 0.6 is 11.6 Å². The average molecular weight is 446 g/mol. The molecule has 28 heavy (non-hydrogen) atoms. The Morgan fingerprint density at radius 3 is 2.32 bits per heavy atom. The van der Waals surface area contributed by atoms with Crippen molar-refractivity contribution in [3.8, 4) is 5.75 Å². The van der Waals surface area contributed by atoms with E-state index < -0.39 is 38.5 Å². The van der Waals surface area contributed by atoms with Crippen LogP contribution in [0.5, 0.6) is 5.75 Å². The van der Waals surface area contributed by atoms with Crippen molar-refractivity contribution >= 4 is 43.1 Å². The number of benzene rings is 2. The number of hydrogen-bond acceptors (Lipinski definition) is 6. The number of rotatable bonds is 5. The van der Waals surface area contributed by atoms with Crippen LogP contribution < -0.4 is 9.04 Å². The molecule has 1 atom stereocenters. The van der Waals surface area contributed by atoms with E-state index in [1.54, 1.807) is 0 Å². The summed E-state index contributed by atoms with van der Waals surface area (Å²) in [5.74, 6) is -1.55. The third-order valence-electron chi connectivity index (χ3n) is 4.22. The van der Waals surface area contributed by atoms with Gasteiger partial charge in [-0.15, -0.1) is 0 Å². The van der Waals surface area contributed by atoms with Crippen LogP contribution in [-0.4, -0.2) is 46.3 Å². The predicted molar refractivity (Wildman–Crippen MR) is 102 cm³/mol. The van der Waals surface area contributed by atoms with Crippen molar-refractivity contribution in [2.45, 2.75) is 22.8 Å². The summed E-state index contributed by atoms with van der Waals surface area (Å²) in [6.45, 7) is 0.955. The largest absolute Gasteiger partial charge is 0.478 e. The van der Waals surface area contributed by atoms with Gasteiger partial charge < -0.3 is 9.84 Å². The smallest absolute Gasteiger partial charge is 0.346 e. The number of nitrogens with zero attached hydrogens (tertiary/aromatic N) is 1. The molecule has 0 spiro atoms. The highest BCUT2D eigenvalue weighted by Crippen LogP contribution is 2.39. The zero-order chi connectivity index (χ0) is 20.7. The van der Waals surface area contributed by atoms with E-state index >= 15 is 0 Å². The summed E-state index contributed by atoms with van der Waals surface area (Å²) >= 11 is 5.81. The Morgan fingerprint density at radius 1 is 1.14 bits per heavy atom. The molecular formula is C17H16ClNO7S2. The summed E-state index contributed by atoms with van der Waals surface area (Å²) in [4.78, 5) is 11.2. The average Bonchev–Trinajstić information content (AvgIpc) is 2.66. The molecule has 0 amide bonds. The van der Waals surface area contributed by atoms with Gasteiger partial charge >= 0.3 is 5.97 Å². The third kappa shape index (κ3) is 3.67. The lowest BCUT2D eigenvalue weighted by molar-refractivity contribution is -0.144. The lowest BCUT2D eigenvalue weighted by atomic mass is 10.2. The molecule has 150 valence electrons. The lowest BCUT2D eigenvalue weighted by Gasteiger charge is -2.34. The Bertz CT molecular complexity index is 1130. The van der Waals surface area contributed by atoms with Crippen LogP contribution in [0.4, 0.5) is 5.69 Å². The number of hydrogen-bond donors (Lipinski definition) is 1. The van der Waals surface area contributed by atoms with Crippen LogP contribution in [0.3, 0.4) is 0 Å². The predicted octanol–water partition coefficient (Wildman–Crippen LogP) is 2.17. The number of fused-ring (bicyclic) bond motifs is 1. The van der Waals surface area contributed by atoms with Crippen LogP contribution in [0.2, 0.25) is 5.02 Å². The zero-order valence-electron chi connectivity index (χ0n) is 14.6. The minimum absolute atomic E-state index is 0.0359. The fourth-order valence-corrected chi connectivity index (χ4v) is 5.17. The van der Waals surface area contributed by atoms with Gasteiger partial charge in [0.2, 0.25) is 6.10 Å². The van der Waals surface area contributed by atoms with Gasteiger partial charge in [0.1, 0.15) is 5.75 Å². The number of carbonyl (C=O) groups is 1. The van der Waals surface area contributed by atoms with Crippen molar-refractivity contribution in [3.05, 3.63) is 47.5 Å².